The minimum Gasteiger partial charge on any atom is -0.299 e. The van der Waals surface area contributed by atoms with Crippen molar-refractivity contribution in [3.63, 3.8) is 0 Å². The molecule has 2 fully saturated rings. The van der Waals surface area contributed by atoms with Gasteiger partial charge in [0.15, 0.2) is 0 Å². The molecule has 0 radical (unpaired) electrons. The van der Waals surface area contributed by atoms with E-state index in [4.69, 9.17) is 0 Å². The van der Waals surface area contributed by atoms with Crippen LogP contribution in [0.4, 0.5) is 0 Å². The second-order valence-corrected chi connectivity index (χ2v) is 5.81. The van der Waals surface area contributed by atoms with Gasteiger partial charge in [-0.3, -0.25) is 9.69 Å². The lowest BCUT2D eigenvalue weighted by molar-refractivity contribution is -0.122. The van der Waals surface area contributed by atoms with Crippen molar-refractivity contribution in [2.24, 2.45) is 5.92 Å². The summed E-state index contributed by atoms with van der Waals surface area (Å²) in [5, 5.41) is 0. The minimum atomic E-state index is 0.288. The van der Waals surface area contributed by atoms with Gasteiger partial charge < -0.3 is 0 Å². The number of carbonyl (C=O) groups excluding carboxylic acids is 1. The summed E-state index contributed by atoms with van der Waals surface area (Å²) in [5.41, 5.74) is 1.07. The lowest BCUT2D eigenvalue weighted by Crippen LogP contribution is -2.37. The van der Waals surface area contributed by atoms with Crippen LogP contribution >= 0.6 is 0 Å². The third-order valence-corrected chi connectivity index (χ3v) is 4.52. The molecular formula is C18H21NO. The lowest BCUT2D eigenvalue weighted by Gasteiger charge is -2.26. The maximum Gasteiger partial charge on any atom is 0.137 e. The normalized spacial score (nSPS) is 26.5. The molecule has 104 valence electrons. The number of ketones is 1. The van der Waals surface area contributed by atoms with Gasteiger partial charge in [0.25, 0.3) is 0 Å². The maximum absolute atomic E-state index is 11.9. The summed E-state index contributed by atoms with van der Waals surface area (Å²) in [6.07, 6.45) is 5.35. The van der Waals surface area contributed by atoms with E-state index in [1.807, 2.05) is 30.3 Å². The molecule has 0 N–H and O–H groups in total. The molecule has 2 nitrogen and oxygen atoms in total. The van der Waals surface area contributed by atoms with Gasteiger partial charge in [0, 0.05) is 23.9 Å². The molecule has 0 aromatic heterocycles. The third kappa shape index (κ3) is 2.94. The van der Waals surface area contributed by atoms with E-state index >= 15 is 0 Å². The van der Waals surface area contributed by atoms with Gasteiger partial charge in [-0.1, -0.05) is 30.0 Å². The highest BCUT2D eigenvalue weighted by Crippen LogP contribution is 2.32. The van der Waals surface area contributed by atoms with Gasteiger partial charge in [0.1, 0.15) is 5.78 Å². The molecule has 0 amide bonds. The Labute approximate surface area is 121 Å². The van der Waals surface area contributed by atoms with E-state index in [1.165, 1.54) is 12.8 Å². The van der Waals surface area contributed by atoms with Crippen LogP contribution in [0.15, 0.2) is 30.3 Å². The van der Waals surface area contributed by atoms with Crippen LogP contribution in [-0.4, -0.2) is 29.8 Å². The fourth-order valence-corrected chi connectivity index (χ4v) is 3.52. The van der Waals surface area contributed by atoms with Gasteiger partial charge in [-0.2, -0.15) is 0 Å². The first-order chi connectivity index (χ1) is 9.84. The molecule has 1 aromatic carbocycles. The molecule has 0 spiro atoms. The summed E-state index contributed by atoms with van der Waals surface area (Å²) in [7, 11) is 0. The summed E-state index contributed by atoms with van der Waals surface area (Å²) in [5.74, 6) is 7.27. The van der Waals surface area contributed by atoms with Gasteiger partial charge in [-0.15, -0.1) is 0 Å². The molecule has 1 aliphatic heterocycles. The fraction of sp³-hybridized carbons (Fsp3) is 0.500. The molecule has 2 unspecified atom stereocenters. The number of likely N-dealkylation sites (tertiary alicyclic amines) is 1. The average Bonchev–Trinajstić information content (AvgIpc) is 3.08. The van der Waals surface area contributed by atoms with Crippen molar-refractivity contribution in [3.05, 3.63) is 35.9 Å². The molecule has 2 aliphatic rings. The number of hydrogen-bond acceptors (Lipinski definition) is 2. The van der Waals surface area contributed by atoms with E-state index in [0.717, 1.165) is 37.9 Å². The zero-order chi connectivity index (χ0) is 13.8. The van der Waals surface area contributed by atoms with E-state index < -0.39 is 0 Å². The first-order valence-electron chi connectivity index (χ1n) is 7.65. The average molecular weight is 267 g/mol. The molecular weight excluding hydrogens is 246 g/mol. The van der Waals surface area contributed by atoms with Crippen molar-refractivity contribution < 1.29 is 4.79 Å². The Morgan fingerprint density at radius 1 is 1.15 bits per heavy atom. The SMILES string of the molecule is O=C1CCCC1C1CCCN1CC#Cc1ccccc1. The number of nitrogens with zero attached hydrogens (tertiary/aromatic N) is 1. The van der Waals surface area contributed by atoms with Crippen LogP contribution in [0, 0.1) is 17.8 Å². The van der Waals surface area contributed by atoms with E-state index in [1.54, 1.807) is 0 Å². The predicted octanol–water partition coefficient (Wildman–Crippen LogP) is 2.87. The Kier molecular flexibility index (Phi) is 4.18. The maximum atomic E-state index is 11.9. The van der Waals surface area contributed by atoms with E-state index in [2.05, 4.69) is 16.7 Å². The predicted molar refractivity (Wildman–Crippen MR) is 80.3 cm³/mol. The van der Waals surface area contributed by atoms with Crippen molar-refractivity contribution in [2.45, 2.75) is 38.1 Å². The Morgan fingerprint density at radius 2 is 2.00 bits per heavy atom. The second kappa shape index (κ2) is 6.24. The van der Waals surface area contributed by atoms with E-state index in [0.29, 0.717) is 11.8 Å². The zero-order valence-corrected chi connectivity index (χ0v) is 11.8. The molecule has 20 heavy (non-hydrogen) atoms. The highest BCUT2D eigenvalue weighted by Gasteiger charge is 2.37. The molecule has 2 heteroatoms. The summed E-state index contributed by atoms with van der Waals surface area (Å²) in [4.78, 5) is 14.4. The van der Waals surface area contributed by atoms with E-state index in [-0.39, 0.29) is 5.92 Å². The summed E-state index contributed by atoms with van der Waals surface area (Å²) >= 11 is 0. The van der Waals surface area contributed by atoms with Gasteiger partial charge in [0.2, 0.25) is 0 Å². The van der Waals surface area contributed by atoms with Crippen molar-refractivity contribution in [2.75, 3.05) is 13.1 Å². The van der Waals surface area contributed by atoms with Crippen molar-refractivity contribution >= 4 is 5.78 Å². The van der Waals surface area contributed by atoms with Gasteiger partial charge >= 0.3 is 0 Å². The Bertz CT molecular complexity index is 525. The van der Waals surface area contributed by atoms with E-state index in [9.17, 15) is 4.79 Å². The Morgan fingerprint density at radius 3 is 2.75 bits per heavy atom. The third-order valence-electron chi connectivity index (χ3n) is 4.52. The quantitative estimate of drug-likeness (QED) is 0.768. The Balaban J connectivity index is 1.62. The second-order valence-electron chi connectivity index (χ2n) is 5.81. The largest absolute Gasteiger partial charge is 0.299 e. The monoisotopic (exact) mass is 267 g/mol. The number of rotatable bonds is 2. The number of Topliss-reactive ketones (excluding diaryl/α,β-unsaturated/α-hetero) is 1. The van der Waals surface area contributed by atoms with Crippen molar-refractivity contribution in [1.82, 2.24) is 4.90 Å². The number of hydrogen-bond donors (Lipinski definition) is 0. The van der Waals surface area contributed by atoms with Gasteiger partial charge in [-0.25, -0.2) is 0 Å². The fourth-order valence-electron chi connectivity index (χ4n) is 3.52. The van der Waals surface area contributed by atoms with Crippen molar-refractivity contribution in [3.8, 4) is 11.8 Å². The molecule has 1 saturated carbocycles. The van der Waals surface area contributed by atoms with Crippen LogP contribution in [-0.2, 0) is 4.79 Å². The van der Waals surface area contributed by atoms with Crippen LogP contribution in [0.1, 0.15) is 37.7 Å². The van der Waals surface area contributed by atoms with Crippen LogP contribution in [0.5, 0.6) is 0 Å². The topological polar surface area (TPSA) is 20.3 Å². The summed E-state index contributed by atoms with van der Waals surface area (Å²) in [6.45, 7) is 1.89. The summed E-state index contributed by atoms with van der Waals surface area (Å²) < 4.78 is 0. The molecule has 0 bridgehead atoms. The van der Waals surface area contributed by atoms with Crippen LogP contribution < -0.4 is 0 Å². The summed E-state index contributed by atoms with van der Waals surface area (Å²) in [6, 6.07) is 10.6. The molecule has 1 aliphatic carbocycles. The van der Waals surface area contributed by atoms with Crippen LogP contribution in [0.25, 0.3) is 0 Å². The van der Waals surface area contributed by atoms with Crippen molar-refractivity contribution in [1.29, 1.82) is 0 Å². The minimum absolute atomic E-state index is 0.288. The van der Waals surface area contributed by atoms with Gasteiger partial charge in [0.05, 0.1) is 6.54 Å². The highest BCUT2D eigenvalue weighted by molar-refractivity contribution is 5.83. The smallest absolute Gasteiger partial charge is 0.137 e. The highest BCUT2D eigenvalue weighted by atomic mass is 16.1. The first-order valence-corrected chi connectivity index (χ1v) is 7.65. The molecule has 1 aromatic rings. The van der Waals surface area contributed by atoms with Crippen LogP contribution in [0.2, 0.25) is 0 Å². The number of carbonyl (C=O) groups is 1. The zero-order valence-electron chi connectivity index (χ0n) is 11.8. The molecule has 3 rings (SSSR count). The van der Waals surface area contributed by atoms with Crippen LogP contribution in [0.3, 0.4) is 0 Å². The van der Waals surface area contributed by atoms with Gasteiger partial charge in [-0.05, 0) is 44.4 Å². The first kappa shape index (κ1) is 13.4. The molecule has 1 heterocycles. The lowest BCUT2D eigenvalue weighted by atomic mass is 9.95. The molecule has 2 atom stereocenters. The number of benzene rings is 1. The molecule has 1 saturated heterocycles. The standard InChI is InChI=1S/C18H21NO/c20-18-12-4-10-16(18)17-11-6-14-19(17)13-5-9-15-7-2-1-3-8-15/h1-3,7-8,16-17H,4,6,10-14H2. The Hall–Kier alpha value is -1.59.